The summed E-state index contributed by atoms with van der Waals surface area (Å²) in [6.07, 6.45) is 4.45. The van der Waals surface area contributed by atoms with Gasteiger partial charge in [-0.3, -0.25) is 0 Å². The van der Waals surface area contributed by atoms with Gasteiger partial charge in [-0.05, 0) is 69.2 Å². The van der Waals surface area contributed by atoms with Gasteiger partial charge in [0.25, 0.3) is 0 Å². The maximum Gasteiger partial charge on any atom is 0.162 e. The molecule has 3 nitrogen and oxygen atoms in total. The summed E-state index contributed by atoms with van der Waals surface area (Å²) in [5.74, 6) is 1.45. The van der Waals surface area contributed by atoms with E-state index in [1.54, 1.807) is 0 Å². The van der Waals surface area contributed by atoms with Gasteiger partial charge in [-0.15, -0.1) is 0 Å². The van der Waals surface area contributed by atoms with Crippen LogP contribution < -0.4 is 5.73 Å². The molecule has 0 saturated carbocycles. The van der Waals surface area contributed by atoms with Crippen LogP contribution in [-0.2, 0) is 12.8 Å². The number of anilines is 1. The first-order valence-corrected chi connectivity index (χ1v) is 7.29. The predicted octanol–water partition coefficient (Wildman–Crippen LogP) is 3.53. The van der Waals surface area contributed by atoms with Crippen LogP contribution in [-0.4, -0.2) is 9.97 Å². The molecule has 20 heavy (non-hydrogen) atoms. The Morgan fingerprint density at radius 2 is 1.60 bits per heavy atom. The summed E-state index contributed by atoms with van der Waals surface area (Å²) < 4.78 is 0. The zero-order valence-electron chi connectivity index (χ0n) is 12.5. The Morgan fingerprint density at radius 1 is 0.900 bits per heavy atom. The predicted molar refractivity (Wildman–Crippen MR) is 82.7 cm³/mol. The molecule has 2 N–H and O–H groups in total. The average molecular weight is 267 g/mol. The van der Waals surface area contributed by atoms with E-state index in [4.69, 9.17) is 10.7 Å². The SMILES string of the molecule is Cc1cc(C)c(-c2nc(N)c3c(n2)CCCC3)cc1C. The quantitative estimate of drug-likeness (QED) is 0.860. The fourth-order valence-electron chi connectivity index (χ4n) is 2.94. The highest BCUT2D eigenvalue weighted by molar-refractivity contribution is 5.64. The minimum absolute atomic E-state index is 0.669. The number of nitrogen functional groups attached to an aromatic ring is 1. The third kappa shape index (κ3) is 2.17. The Morgan fingerprint density at radius 3 is 2.40 bits per heavy atom. The molecule has 1 aliphatic rings. The van der Waals surface area contributed by atoms with Gasteiger partial charge < -0.3 is 5.73 Å². The van der Waals surface area contributed by atoms with Crippen molar-refractivity contribution in [2.24, 2.45) is 0 Å². The number of nitrogens with two attached hydrogens (primary N) is 1. The zero-order chi connectivity index (χ0) is 14.3. The van der Waals surface area contributed by atoms with E-state index in [-0.39, 0.29) is 0 Å². The van der Waals surface area contributed by atoms with Crippen LogP contribution in [0.2, 0.25) is 0 Å². The highest BCUT2D eigenvalue weighted by Gasteiger charge is 2.17. The number of rotatable bonds is 1. The van der Waals surface area contributed by atoms with E-state index in [1.165, 1.54) is 35.1 Å². The molecule has 0 saturated heterocycles. The Labute approximate surface area is 120 Å². The number of aromatic nitrogens is 2. The number of hydrogen-bond acceptors (Lipinski definition) is 3. The summed E-state index contributed by atoms with van der Waals surface area (Å²) in [6, 6.07) is 4.37. The second kappa shape index (κ2) is 4.89. The third-order valence-electron chi connectivity index (χ3n) is 4.30. The Balaban J connectivity index is 2.15. The molecule has 0 atom stereocenters. The maximum absolute atomic E-state index is 6.15. The standard InChI is InChI=1S/C17H21N3/c1-10-8-12(3)14(9-11(10)2)17-19-15-7-5-4-6-13(15)16(18)20-17/h8-9H,4-7H2,1-3H3,(H2,18,19,20). The molecular weight excluding hydrogens is 246 g/mol. The monoisotopic (exact) mass is 267 g/mol. The summed E-state index contributed by atoms with van der Waals surface area (Å²) in [5.41, 5.74) is 13.4. The highest BCUT2D eigenvalue weighted by atomic mass is 15.0. The van der Waals surface area contributed by atoms with Crippen LogP contribution in [0.25, 0.3) is 11.4 Å². The van der Waals surface area contributed by atoms with Crippen molar-refractivity contribution >= 4 is 5.82 Å². The van der Waals surface area contributed by atoms with Crippen LogP contribution >= 0.6 is 0 Å². The Hall–Kier alpha value is -1.90. The average Bonchev–Trinajstić information content (AvgIpc) is 2.43. The summed E-state index contributed by atoms with van der Waals surface area (Å²) in [6.45, 7) is 6.37. The van der Waals surface area contributed by atoms with E-state index in [2.05, 4.69) is 37.9 Å². The van der Waals surface area contributed by atoms with E-state index in [9.17, 15) is 0 Å². The smallest absolute Gasteiger partial charge is 0.162 e. The molecule has 0 aliphatic heterocycles. The van der Waals surface area contributed by atoms with Crippen LogP contribution in [0, 0.1) is 20.8 Å². The molecule has 0 fully saturated rings. The highest BCUT2D eigenvalue weighted by Crippen LogP contribution is 2.29. The number of benzene rings is 1. The molecule has 1 aromatic heterocycles. The molecule has 1 aromatic carbocycles. The van der Waals surface area contributed by atoms with Gasteiger partial charge in [-0.2, -0.15) is 0 Å². The minimum atomic E-state index is 0.669. The van der Waals surface area contributed by atoms with Crippen molar-refractivity contribution in [2.45, 2.75) is 46.5 Å². The van der Waals surface area contributed by atoms with Gasteiger partial charge in [0.15, 0.2) is 5.82 Å². The van der Waals surface area contributed by atoms with Crippen molar-refractivity contribution < 1.29 is 0 Å². The van der Waals surface area contributed by atoms with Gasteiger partial charge in [0.2, 0.25) is 0 Å². The second-order valence-electron chi connectivity index (χ2n) is 5.82. The number of hydrogen-bond donors (Lipinski definition) is 1. The molecule has 3 heteroatoms. The molecule has 104 valence electrons. The molecule has 0 spiro atoms. The minimum Gasteiger partial charge on any atom is -0.383 e. The van der Waals surface area contributed by atoms with Crippen molar-refractivity contribution in [1.82, 2.24) is 9.97 Å². The lowest BCUT2D eigenvalue weighted by Gasteiger charge is -2.18. The lowest BCUT2D eigenvalue weighted by molar-refractivity contribution is 0.666. The van der Waals surface area contributed by atoms with Crippen LogP contribution in [0.4, 0.5) is 5.82 Å². The number of nitrogens with zero attached hydrogens (tertiary/aromatic N) is 2. The molecule has 3 rings (SSSR count). The lowest BCUT2D eigenvalue weighted by Crippen LogP contribution is -2.12. The largest absolute Gasteiger partial charge is 0.383 e. The number of aryl methyl sites for hydroxylation is 4. The summed E-state index contributed by atoms with van der Waals surface area (Å²) >= 11 is 0. The van der Waals surface area contributed by atoms with Crippen LogP contribution in [0.5, 0.6) is 0 Å². The van der Waals surface area contributed by atoms with E-state index in [1.807, 2.05) is 0 Å². The van der Waals surface area contributed by atoms with Gasteiger partial charge in [0.1, 0.15) is 5.82 Å². The van der Waals surface area contributed by atoms with Gasteiger partial charge >= 0.3 is 0 Å². The Bertz CT molecular complexity index is 674. The van der Waals surface area contributed by atoms with E-state index in [0.717, 1.165) is 29.9 Å². The van der Waals surface area contributed by atoms with Crippen molar-refractivity contribution in [2.75, 3.05) is 5.73 Å². The summed E-state index contributed by atoms with van der Waals surface area (Å²) in [4.78, 5) is 9.34. The van der Waals surface area contributed by atoms with Crippen molar-refractivity contribution in [3.8, 4) is 11.4 Å². The first-order valence-electron chi connectivity index (χ1n) is 7.29. The fourth-order valence-corrected chi connectivity index (χ4v) is 2.94. The molecule has 1 aliphatic carbocycles. The second-order valence-corrected chi connectivity index (χ2v) is 5.82. The van der Waals surface area contributed by atoms with E-state index < -0.39 is 0 Å². The topological polar surface area (TPSA) is 51.8 Å². The molecule has 2 aromatic rings. The number of fused-ring (bicyclic) bond motifs is 1. The summed E-state index contributed by atoms with van der Waals surface area (Å²) in [7, 11) is 0. The molecule has 1 heterocycles. The molecule has 0 unspecified atom stereocenters. The first-order chi connectivity index (χ1) is 9.56. The van der Waals surface area contributed by atoms with Crippen LogP contribution in [0.15, 0.2) is 12.1 Å². The van der Waals surface area contributed by atoms with E-state index >= 15 is 0 Å². The van der Waals surface area contributed by atoms with Gasteiger partial charge in [0, 0.05) is 16.8 Å². The van der Waals surface area contributed by atoms with Crippen molar-refractivity contribution in [3.05, 3.63) is 40.1 Å². The van der Waals surface area contributed by atoms with Crippen molar-refractivity contribution in [1.29, 1.82) is 0 Å². The van der Waals surface area contributed by atoms with Crippen LogP contribution in [0.3, 0.4) is 0 Å². The fraction of sp³-hybridized carbons (Fsp3) is 0.412. The van der Waals surface area contributed by atoms with Gasteiger partial charge in [-0.25, -0.2) is 9.97 Å². The maximum atomic E-state index is 6.15. The van der Waals surface area contributed by atoms with Gasteiger partial charge in [0.05, 0.1) is 0 Å². The van der Waals surface area contributed by atoms with Gasteiger partial charge in [-0.1, -0.05) is 6.07 Å². The van der Waals surface area contributed by atoms with Crippen molar-refractivity contribution in [3.63, 3.8) is 0 Å². The normalized spacial score (nSPS) is 14.2. The molecule has 0 bridgehead atoms. The molecule has 0 radical (unpaired) electrons. The van der Waals surface area contributed by atoms with Crippen LogP contribution in [0.1, 0.15) is 40.8 Å². The first kappa shape index (κ1) is 13.1. The lowest BCUT2D eigenvalue weighted by atomic mass is 9.95. The zero-order valence-corrected chi connectivity index (χ0v) is 12.5. The molecular formula is C17H21N3. The summed E-state index contributed by atoms with van der Waals surface area (Å²) in [5, 5.41) is 0. The Kier molecular flexibility index (Phi) is 3.20. The third-order valence-corrected chi connectivity index (χ3v) is 4.30. The van der Waals surface area contributed by atoms with E-state index in [0.29, 0.717) is 5.82 Å². The molecule has 0 amide bonds.